The number of aliphatic carboxylic acids is 1. The van der Waals surface area contributed by atoms with E-state index in [1.807, 2.05) is 43.3 Å². The standard InChI is InChI=1S/C33H31N5O7/c1-2-22-16-24-28(44-18-25(31(24)41)32-37-35-20-38(32)23-11-7-4-8-12-23)17-27(22)45-19-30(40)34-14-13-29(39)36-26(33(42)43)15-21-9-5-3-6-10-21/h3-12,16-18,20,26H,2,13-15,19H2,1H3,(H,34,40)(H,36,39)(H,42,43). The van der Waals surface area contributed by atoms with E-state index in [0.29, 0.717) is 28.9 Å². The van der Waals surface area contributed by atoms with Crippen molar-refractivity contribution in [3.05, 3.63) is 107 Å². The zero-order valence-corrected chi connectivity index (χ0v) is 24.4. The van der Waals surface area contributed by atoms with Crippen molar-refractivity contribution >= 4 is 28.8 Å². The largest absolute Gasteiger partial charge is 0.483 e. The Morgan fingerprint density at radius 3 is 2.47 bits per heavy atom. The lowest BCUT2D eigenvalue weighted by Crippen LogP contribution is -2.43. The Labute approximate surface area is 257 Å². The molecule has 1 unspecified atom stereocenters. The number of amides is 2. The number of hydrogen-bond acceptors (Lipinski definition) is 8. The minimum atomic E-state index is -1.14. The third-order valence-corrected chi connectivity index (χ3v) is 7.11. The molecular formula is C33H31N5O7. The number of carboxylic acid groups (broad SMARTS) is 1. The molecule has 2 amide bonds. The second-order valence-corrected chi connectivity index (χ2v) is 10.2. The minimum absolute atomic E-state index is 0.00465. The average molecular weight is 610 g/mol. The normalized spacial score (nSPS) is 11.6. The average Bonchev–Trinajstić information content (AvgIpc) is 3.54. The number of fused-ring (bicyclic) bond motifs is 1. The van der Waals surface area contributed by atoms with Gasteiger partial charge in [-0.15, -0.1) is 10.2 Å². The van der Waals surface area contributed by atoms with Crippen LogP contribution in [0.15, 0.2) is 94.6 Å². The van der Waals surface area contributed by atoms with Gasteiger partial charge in [-0.2, -0.15) is 0 Å². The number of ether oxygens (including phenoxy) is 1. The van der Waals surface area contributed by atoms with Gasteiger partial charge in [0.05, 0.1) is 5.39 Å². The van der Waals surface area contributed by atoms with E-state index in [1.54, 1.807) is 41.0 Å². The van der Waals surface area contributed by atoms with Gasteiger partial charge in [0.15, 0.2) is 12.4 Å². The van der Waals surface area contributed by atoms with Crippen molar-refractivity contribution in [1.29, 1.82) is 0 Å². The molecule has 2 aromatic heterocycles. The highest BCUT2D eigenvalue weighted by atomic mass is 16.5. The summed E-state index contributed by atoms with van der Waals surface area (Å²) in [6, 6.07) is 20.5. The number of nitrogens with zero attached hydrogens (tertiary/aromatic N) is 3. The van der Waals surface area contributed by atoms with Crippen LogP contribution >= 0.6 is 0 Å². The topological polar surface area (TPSA) is 166 Å². The fourth-order valence-electron chi connectivity index (χ4n) is 4.79. The number of para-hydroxylation sites is 1. The lowest BCUT2D eigenvalue weighted by atomic mass is 10.1. The first-order valence-electron chi connectivity index (χ1n) is 14.3. The number of nitrogens with one attached hydrogen (secondary N) is 2. The number of carbonyl (C=O) groups is 3. The van der Waals surface area contributed by atoms with Crippen molar-refractivity contribution in [2.75, 3.05) is 13.2 Å². The Kier molecular flexibility index (Phi) is 9.63. The molecule has 1 atom stereocenters. The van der Waals surface area contributed by atoms with Gasteiger partial charge in [0.2, 0.25) is 11.3 Å². The lowest BCUT2D eigenvalue weighted by Gasteiger charge is -2.15. The lowest BCUT2D eigenvalue weighted by molar-refractivity contribution is -0.141. The Bertz CT molecular complexity index is 1870. The van der Waals surface area contributed by atoms with E-state index in [2.05, 4.69) is 20.8 Å². The van der Waals surface area contributed by atoms with E-state index in [1.165, 1.54) is 12.6 Å². The summed E-state index contributed by atoms with van der Waals surface area (Å²) in [7, 11) is 0. The van der Waals surface area contributed by atoms with Crippen LogP contribution < -0.4 is 20.8 Å². The molecule has 0 radical (unpaired) electrons. The van der Waals surface area contributed by atoms with Crippen molar-refractivity contribution in [2.24, 2.45) is 0 Å². The van der Waals surface area contributed by atoms with Crippen molar-refractivity contribution < 1.29 is 28.6 Å². The number of benzene rings is 3. The third kappa shape index (κ3) is 7.42. The van der Waals surface area contributed by atoms with Crippen molar-refractivity contribution in [3.8, 4) is 22.8 Å². The van der Waals surface area contributed by atoms with Crippen LogP contribution in [0.3, 0.4) is 0 Å². The molecule has 3 aromatic carbocycles. The quantitative estimate of drug-likeness (QED) is 0.182. The van der Waals surface area contributed by atoms with Crippen LogP contribution in [0.5, 0.6) is 5.75 Å². The molecule has 3 N–H and O–H groups in total. The van der Waals surface area contributed by atoms with Crippen molar-refractivity contribution in [1.82, 2.24) is 25.4 Å². The number of hydrogen-bond donors (Lipinski definition) is 3. The number of carboxylic acids is 1. The molecule has 5 rings (SSSR count). The van der Waals surface area contributed by atoms with E-state index in [4.69, 9.17) is 9.15 Å². The molecule has 0 fully saturated rings. The molecule has 12 nitrogen and oxygen atoms in total. The minimum Gasteiger partial charge on any atom is -0.483 e. The third-order valence-electron chi connectivity index (χ3n) is 7.11. The Morgan fingerprint density at radius 1 is 1.02 bits per heavy atom. The van der Waals surface area contributed by atoms with Gasteiger partial charge in [-0.05, 0) is 35.7 Å². The Balaban J connectivity index is 1.19. The summed E-state index contributed by atoms with van der Waals surface area (Å²) in [6.45, 7) is 1.55. The van der Waals surface area contributed by atoms with Gasteiger partial charge in [-0.25, -0.2) is 4.79 Å². The summed E-state index contributed by atoms with van der Waals surface area (Å²) >= 11 is 0. The zero-order chi connectivity index (χ0) is 31.8. The summed E-state index contributed by atoms with van der Waals surface area (Å²) in [6.07, 6.45) is 3.41. The summed E-state index contributed by atoms with van der Waals surface area (Å²) in [5.74, 6) is -1.39. The molecule has 0 saturated carbocycles. The van der Waals surface area contributed by atoms with E-state index in [-0.39, 0.29) is 42.6 Å². The summed E-state index contributed by atoms with van der Waals surface area (Å²) < 4.78 is 13.3. The summed E-state index contributed by atoms with van der Waals surface area (Å²) in [5, 5.41) is 23.0. The molecule has 0 aliphatic carbocycles. The molecule has 230 valence electrons. The fourth-order valence-corrected chi connectivity index (χ4v) is 4.79. The maximum absolute atomic E-state index is 13.5. The van der Waals surface area contributed by atoms with Gasteiger partial charge in [0.1, 0.15) is 35.5 Å². The molecular weight excluding hydrogens is 578 g/mol. The van der Waals surface area contributed by atoms with Crippen LogP contribution in [-0.4, -0.2) is 56.8 Å². The molecule has 0 bridgehead atoms. The van der Waals surface area contributed by atoms with Crippen molar-refractivity contribution in [3.63, 3.8) is 0 Å². The van der Waals surface area contributed by atoms with Crippen LogP contribution in [0, 0.1) is 0 Å². The van der Waals surface area contributed by atoms with Gasteiger partial charge in [-0.3, -0.25) is 19.0 Å². The fraction of sp³-hybridized carbons (Fsp3) is 0.212. The zero-order valence-electron chi connectivity index (χ0n) is 24.4. The molecule has 0 aliphatic heterocycles. The van der Waals surface area contributed by atoms with Crippen molar-refractivity contribution in [2.45, 2.75) is 32.2 Å². The van der Waals surface area contributed by atoms with Crippen LogP contribution in [0.2, 0.25) is 0 Å². The first-order chi connectivity index (χ1) is 21.8. The molecule has 45 heavy (non-hydrogen) atoms. The number of carbonyl (C=O) groups excluding carboxylic acids is 2. The summed E-state index contributed by atoms with van der Waals surface area (Å²) in [5.41, 5.74) is 2.51. The van der Waals surface area contributed by atoms with Crippen LogP contribution in [0.25, 0.3) is 28.0 Å². The summed E-state index contributed by atoms with van der Waals surface area (Å²) in [4.78, 5) is 49.9. The first kappa shape index (κ1) is 30.7. The van der Waals surface area contributed by atoms with Gasteiger partial charge >= 0.3 is 5.97 Å². The molecule has 12 heteroatoms. The van der Waals surface area contributed by atoms with Gasteiger partial charge in [0.25, 0.3) is 5.91 Å². The second kappa shape index (κ2) is 14.1. The Morgan fingerprint density at radius 2 is 1.76 bits per heavy atom. The SMILES string of the molecule is CCc1cc2c(=O)c(-c3nncn3-c3ccccc3)coc2cc1OCC(=O)NCCC(=O)NC(Cc1ccccc1)C(=O)O. The maximum atomic E-state index is 13.5. The van der Waals surface area contributed by atoms with Crippen LogP contribution in [-0.2, 0) is 27.2 Å². The van der Waals surface area contributed by atoms with Gasteiger partial charge in [-0.1, -0.05) is 55.5 Å². The van der Waals surface area contributed by atoms with E-state index in [9.17, 15) is 24.3 Å². The highest BCUT2D eigenvalue weighted by molar-refractivity contribution is 5.85. The number of aryl methyl sites for hydroxylation is 1. The van der Waals surface area contributed by atoms with Crippen LogP contribution in [0.4, 0.5) is 0 Å². The molecule has 0 saturated heterocycles. The first-order valence-corrected chi connectivity index (χ1v) is 14.3. The Hall–Kier alpha value is -5.78. The maximum Gasteiger partial charge on any atom is 0.326 e. The highest BCUT2D eigenvalue weighted by Crippen LogP contribution is 2.27. The van der Waals surface area contributed by atoms with Gasteiger partial charge in [0, 0.05) is 31.1 Å². The monoisotopic (exact) mass is 609 g/mol. The van der Waals surface area contributed by atoms with E-state index >= 15 is 0 Å². The smallest absolute Gasteiger partial charge is 0.326 e. The molecule has 0 aliphatic rings. The number of rotatable bonds is 13. The second-order valence-electron chi connectivity index (χ2n) is 10.2. The van der Waals surface area contributed by atoms with E-state index < -0.39 is 23.8 Å². The van der Waals surface area contributed by atoms with Gasteiger partial charge < -0.3 is 24.9 Å². The molecule has 5 aromatic rings. The predicted molar refractivity (Wildman–Crippen MR) is 165 cm³/mol. The van der Waals surface area contributed by atoms with Crippen LogP contribution in [0.1, 0.15) is 24.5 Å². The number of aromatic nitrogens is 3. The highest BCUT2D eigenvalue weighted by Gasteiger charge is 2.21. The molecule has 0 spiro atoms. The molecule has 2 heterocycles. The predicted octanol–water partition coefficient (Wildman–Crippen LogP) is 3.30. The van der Waals surface area contributed by atoms with E-state index in [0.717, 1.165) is 11.3 Å².